The maximum Gasteiger partial charge on any atom is 0.309 e. The topological polar surface area (TPSA) is 61.5 Å². The fraction of sp³-hybridized carbons (Fsp3) is 0.917. The zero-order chi connectivity index (χ0) is 11.8. The van der Waals surface area contributed by atoms with Crippen molar-refractivity contribution in [2.24, 2.45) is 17.6 Å². The lowest BCUT2D eigenvalue weighted by Gasteiger charge is -2.20. The van der Waals surface area contributed by atoms with Gasteiger partial charge in [0.05, 0.1) is 19.1 Å². The van der Waals surface area contributed by atoms with Gasteiger partial charge in [0.25, 0.3) is 0 Å². The molecule has 1 rings (SSSR count). The summed E-state index contributed by atoms with van der Waals surface area (Å²) in [5.74, 6) is 0.292. The summed E-state index contributed by atoms with van der Waals surface area (Å²) in [6.07, 6.45) is 3.83. The zero-order valence-electron chi connectivity index (χ0n) is 10.1. The fourth-order valence-electron chi connectivity index (χ4n) is 2.17. The minimum Gasteiger partial charge on any atom is -0.466 e. The van der Waals surface area contributed by atoms with E-state index in [0.29, 0.717) is 25.7 Å². The molecule has 94 valence electrons. The van der Waals surface area contributed by atoms with Gasteiger partial charge >= 0.3 is 5.97 Å². The van der Waals surface area contributed by atoms with Gasteiger partial charge in [0.2, 0.25) is 0 Å². The van der Waals surface area contributed by atoms with Crippen LogP contribution in [0.4, 0.5) is 0 Å². The molecular weight excluding hydrogens is 206 g/mol. The van der Waals surface area contributed by atoms with Crippen molar-refractivity contribution in [1.29, 1.82) is 0 Å². The number of hydrogen-bond acceptors (Lipinski definition) is 4. The summed E-state index contributed by atoms with van der Waals surface area (Å²) in [6.45, 7) is 4.47. The first kappa shape index (κ1) is 13.5. The Kier molecular flexibility index (Phi) is 6.42. The lowest BCUT2D eigenvalue weighted by Crippen LogP contribution is -2.26. The monoisotopic (exact) mass is 229 g/mol. The Labute approximate surface area is 97.5 Å². The number of unbranched alkanes of at least 4 members (excludes halogenated alkanes) is 1. The molecular formula is C12H23NO3. The summed E-state index contributed by atoms with van der Waals surface area (Å²) < 4.78 is 10.5. The minimum atomic E-state index is -0.0602. The molecule has 0 saturated carbocycles. The molecule has 0 radical (unpaired) electrons. The fourth-order valence-corrected chi connectivity index (χ4v) is 2.17. The molecule has 4 nitrogen and oxygen atoms in total. The highest BCUT2D eigenvalue weighted by Gasteiger charge is 2.31. The lowest BCUT2D eigenvalue weighted by molar-refractivity contribution is -0.150. The summed E-state index contributed by atoms with van der Waals surface area (Å²) >= 11 is 0. The average molecular weight is 229 g/mol. The quantitative estimate of drug-likeness (QED) is 0.528. The van der Waals surface area contributed by atoms with Gasteiger partial charge in [0.15, 0.2) is 0 Å². The van der Waals surface area contributed by atoms with E-state index in [9.17, 15) is 4.79 Å². The van der Waals surface area contributed by atoms with Crippen LogP contribution in [-0.2, 0) is 14.3 Å². The van der Waals surface area contributed by atoms with Gasteiger partial charge in [-0.05, 0) is 38.6 Å². The van der Waals surface area contributed by atoms with E-state index in [1.165, 1.54) is 0 Å². The number of hydrogen-bond donors (Lipinski definition) is 1. The van der Waals surface area contributed by atoms with Gasteiger partial charge in [-0.2, -0.15) is 0 Å². The van der Waals surface area contributed by atoms with Crippen molar-refractivity contribution in [2.75, 3.05) is 26.4 Å². The minimum absolute atomic E-state index is 0.00833. The molecule has 1 aliphatic heterocycles. The molecule has 0 amide bonds. The molecule has 2 unspecified atom stereocenters. The van der Waals surface area contributed by atoms with Gasteiger partial charge in [-0.1, -0.05) is 6.42 Å². The number of carbonyl (C=O) groups is 1. The molecule has 0 spiro atoms. The number of rotatable bonds is 7. The van der Waals surface area contributed by atoms with Crippen LogP contribution in [0, 0.1) is 11.8 Å². The predicted molar refractivity (Wildman–Crippen MR) is 62.0 cm³/mol. The second kappa shape index (κ2) is 7.63. The molecule has 1 fully saturated rings. The highest BCUT2D eigenvalue weighted by atomic mass is 16.5. The summed E-state index contributed by atoms with van der Waals surface area (Å²) in [4.78, 5) is 11.8. The molecule has 4 heteroatoms. The number of ether oxygens (including phenoxy) is 2. The largest absolute Gasteiger partial charge is 0.466 e. The molecule has 0 aromatic carbocycles. The molecule has 1 saturated heterocycles. The third-order valence-corrected chi connectivity index (χ3v) is 3.09. The Balaban J connectivity index is 2.43. The Morgan fingerprint density at radius 3 is 2.94 bits per heavy atom. The van der Waals surface area contributed by atoms with E-state index < -0.39 is 0 Å². The Morgan fingerprint density at radius 2 is 2.38 bits per heavy atom. The average Bonchev–Trinajstić information content (AvgIpc) is 2.78. The van der Waals surface area contributed by atoms with Gasteiger partial charge in [-0.3, -0.25) is 4.79 Å². The van der Waals surface area contributed by atoms with Crippen LogP contribution in [0.15, 0.2) is 0 Å². The predicted octanol–water partition coefficient (Wildman–Crippen LogP) is 1.33. The first-order valence-electron chi connectivity index (χ1n) is 6.24. The summed E-state index contributed by atoms with van der Waals surface area (Å²) in [7, 11) is 0. The van der Waals surface area contributed by atoms with Crippen LogP contribution in [0.5, 0.6) is 0 Å². The summed E-state index contributed by atoms with van der Waals surface area (Å²) in [5, 5.41) is 0. The number of carbonyl (C=O) groups excluding carboxylic acids is 1. The molecule has 0 bridgehead atoms. The molecule has 0 aromatic rings. The molecule has 0 aliphatic carbocycles. The van der Waals surface area contributed by atoms with Crippen LogP contribution in [0.25, 0.3) is 0 Å². The smallest absolute Gasteiger partial charge is 0.309 e. The van der Waals surface area contributed by atoms with Crippen molar-refractivity contribution in [2.45, 2.75) is 32.6 Å². The number of nitrogens with two attached hydrogens (primary N) is 1. The van der Waals surface area contributed by atoms with Gasteiger partial charge in [-0.25, -0.2) is 0 Å². The second-order valence-corrected chi connectivity index (χ2v) is 4.27. The highest BCUT2D eigenvalue weighted by molar-refractivity contribution is 5.72. The zero-order valence-corrected chi connectivity index (χ0v) is 10.1. The Bertz CT molecular complexity index is 202. The molecule has 16 heavy (non-hydrogen) atoms. The Morgan fingerprint density at radius 1 is 1.56 bits per heavy atom. The Hall–Kier alpha value is -0.610. The maximum atomic E-state index is 11.8. The lowest BCUT2D eigenvalue weighted by atomic mass is 9.87. The van der Waals surface area contributed by atoms with E-state index in [2.05, 4.69) is 0 Å². The van der Waals surface area contributed by atoms with Crippen molar-refractivity contribution in [3.63, 3.8) is 0 Å². The molecule has 0 aromatic heterocycles. The van der Waals surface area contributed by atoms with E-state index in [0.717, 1.165) is 32.3 Å². The highest BCUT2D eigenvalue weighted by Crippen LogP contribution is 2.27. The third kappa shape index (κ3) is 4.10. The van der Waals surface area contributed by atoms with Gasteiger partial charge < -0.3 is 15.2 Å². The SMILES string of the molecule is CCOC(=O)C(CCCCN)C1CCOC1. The molecule has 1 heterocycles. The van der Waals surface area contributed by atoms with Gasteiger partial charge in [-0.15, -0.1) is 0 Å². The van der Waals surface area contributed by atoms with Crippen molar-refractivity contribution >= 4 is 5.97 Å². The first-order valence-corrected chi connectivity index (χ1v) is 6.24. The molecule has 2 N–H and O–H groups in total. The van der Waals surface area contributed by atoms with Crippen molar-refractivity contribution in [3.8, 4) is 0 Å². The standard InChI is InChI=1S/C12H23NO3/c1-2-16-12(14)11(5-3-4-7-13)10-6-8-15-9-10/h10-11H,2-9,13H2,1H3. The van der Waals surface area contributed by atoms with Crippen molar-refractivity contribution in [1.82, 2.24) is 0 Å². The number of esters is 1. The van der Waals surface area contributed by atoms with Crippen LogP contribution in [0.2, 0.25) is 0 Å². The van der Waals surface area contributed by atoms with E-state index >= 15 is 0 Å². The van der Waals surface area contributed by atoms with Gasteiger partial charge in [0, 0.05) is 6.61 Å². The van der Waals surface area contributed by atoms with Gasteiger partial charge in [0.1, 0.15) is 0 Å². The van der Waals surface area contributed by atoms with Crippen molar-refractivity contribution in [3.05, 3.63) is 0 Å². The van der Waals surface area contributed by atoms with E-state index in [1.807, 2.05) is 6.92 Å². The second-order valence-electron chi connectivity index (χ2n) is 4.27. The van der Waals surface area contributed by atoms with Crippen LogP contribution >= 0.6 is 0 Å². The first-order chi connectivity index (χ1) is 7.79. The summed E-state index contributed by atoms with van der Waals surface area (Å²) in [6, 6.07) is 0. The third-order valence-electron chi connectivity index (χ3n) is 3.09. The molecule has 1 aliphatic rings. The van der Waals surface area contributed by atoms with E-state index in [4.69, 9.17) is 15.2 Å². The normalized spacial score (nSPS) is 22.0. The summed E-state index contributed by atoms with van der Waals surface area (Å²) in [5.41, 5.74) is 5.46. The molecule has 2 atom stereocenters. The van der Waals surface area contributed by atoms with Crippen LogP contribution in [0.3, 0.4) is 0 Å². The maximum absolute atomic E-state index is 11.8. The van der Waals surface area contributed by atoms with Crippen molar-refractivity contribution < 1.29 is 14.3 Å². The van der Waals surface area contributed by atoms with Crippen LogP contribution in [0.1, 0.15) is 32.6 Å². The van der Waals surface area contributed by atoms with Crippen LogP contribution in [-0.4, -0.2) is 32.3 Å². The van der Waals surface area contributed by atoms with E-state index in [1.54, 1.807) is 0 Å². The van der Waals surface area contributed by atoms with Crippen LogP contribution < -0.4 is 5.73 Å². The van der Waals surface area contributed by atoms with E-state index in [-0.39, 0.29) is 11.9 Å².